The largest absolute Gasteiger partial charge is 0.393 e. The monoisotopic (exact) mass is 265 g/mol. The second kappa shape index (κ2) is 6.19. The molecule has 1 fully saturated rings. The third kappa shape index (κ3) is 3.80. The molecule has 1 saturated carbocycles. The number of amides is 1. The molecule has 0 saturated heterocycles. The number of hydrogen-bond acceptors (Lipinski definition) is 3. The van der Waals surface area contributed by atoms with Crippen molar-refractivity contribution < 1.29 is 9.90 Å². The fourth-order valence-corrected chi connectivity index (χ4v) is 2.70. The van der Waals surface area contributed by atoms with Crippen LogP contribution in [0.15, 0.2) is 6.07 Å². The number of rotatable bonds is 4. The van der Waals surface area contributed by atoms with E-state index in [0.717, 1.165) is 37.1 Å². The van der Waals surface area contributed by atoms with Gasteiger partial charge in [-0.1, -0.05) is 12.8 Å². The van der Waals surface area contributed by atoms with Crippen molar-refractivity contribution in [1.82, 2.24) is 15.1 Å². The van der Waals surface area contributed by atoms with E-state index in [1.165, 1.54) is 0 Å². The van der Waals surface area contributed by atoms with Gasteiger partial charge >= 0.3 is 0 Å². The van der Waals surface area contributed by atoms with Crippen LogP contribution in [0, 0.1) is 19.8 Å². The smallest absolute Gasteiger partial charge is 0.241 e. The van der Waals surface area contributed by atoms with E-state index in [9.17, 15) is 9.90 Å². The number of aromatic nitrogens is 2. The van der Waals surface area contributed by atoms with Crippen molar-refractivity contribution in [2.75, 3.05) is 6.54 Å². The van der Waals surface area contributed by atoms with Crippen molar-refractivity contribution in [3.63, 3.8) is 0 Å². The molecule has 2 N–H and O–H groups in total. The Hall–Kier alpha value is -1.36. The van der Waals surface area contributed by atoms with Crippen LogP contribution >= 0.6 is 0 Å². The van der Waals surface area contributed by atoms with Crippen LogP contribution in [0.25, 0.3) is 0 Å². The van der Waals surface area contributed by atoms with Crippen LogP contribution in [0.4, 0.5) is 0 Å². The molecular formula is C14H23N3O2. The Labute approximate surface area is 114 Å². The van der Waals surface area contributed by atoms with Gasteiger partial charge in [0.05, 0.1) is 11.8 Å². The molecule has 5 heteroatoms. The molecule has 19 heavy (non-hydrogen) atoms. The summed E-state index contributed by atoms with van der Waals surface area (Å²) in [5, 5.41) is 17.0. The van der Waals surface area contributed by atoms with Crippen molar-refractivity contribution in [3.8, 4) is 0 Å². The first kappa shape index (κ1) is 14.1. The average Bonchev–Trinajstić information content (AvgIpc) is 2.67. The summed E-state index contributed by atoms with van der Waals surface area (Å²) in [4.78, 5) is 11.9. The van der Waals surface area contributed by atoms with Crippen LogP contribution in [0.2, 0.25) is 0 Å². The number of nitrogens with zero attached hydrogens (tertiary/aromatic N) is 2. The van der Waals surface area contributed by atoms with Gasteiger partial charge < -0.3 is 10.4 Å². The summed E-state index contributed by atoms with van der Waals surface area (Å²) in [5.41, 5.74) is 1.92. The zero-order chi connectivity index (χ0) is 13.8. The lowest BCUT2D eigenvalue weighted by molar-refractivity contribution is -0.122. The van der Waals surface area contributed by atoms with E-state index in [0.29, 0.717) is 6.54 Å². The lowest BCUT2D eigenvalue weighted by Gasteiger charge is -2.27. The van der Waals surface area contributed by atoms with E-state index in [2.05, 4.69) is 10.4 Å². The van der Waals surface area contributed by atoms with E-state index < -0.39 is 0 Å². The molecule has 0 spiro atoms. The summed E-state index contributed by atoms with van der Waals surface area (Å²) in [7, 11) is 0. The maximum absolute atomic E-state index is 11.9. The summed E-state index contributed by atoms with van der Waals surface area (Å²) in [6.07, 6.45) is 3.84. The van der Waals surface area contributed by atoms with E-state index >= 15 is 0 Å². The summed E-state index contributed by atoms with van der Waals surface area (Å²) < 4.78 is 1.71. The zero-order valence-electron chi connectivity index (χ0n) is 11.7. The van der Waals surface area contributed by atoms with Gasteiger partial charge in [0.15, 0.2) is 0 Å². The maximum Gasteiger partial charge on any atom is 0.241 e. The molecular weight excluding hydrogens is 242 g/mol. The van der Waals surface area contributed by atoms with Crippen LogP contribution in [0.3, 0.4) is 0 Å². The highest BCUT2D eigenvalue weighted by Gasteiger charge is 2.23. The van der Waals surface area contributed by atoms with Gasteiger partial charge in [0.2, 0.25) is 5.91 Å². The molecule has 1 aliphatic rings. The molecule has 0 bridgehead atoms. The maximum atomic E-state index is 11.9. The number of carbonyl (C=O) groups excluding carboxylic acids is 1. The minimum atomic E-state index is -0.261. The lowest BCUT2D eigenvalue weighted by Crippen LogP contribution is -2.38. The average molecular weight is 265 g/mol. The van der Waals surface area contributed by atoms with Crippen LogP contribution in [0.5, 0.6) is 0 Å². The third-order valence-corrected chi connectivity index (χ3v) is 3.83. The van der Waals surface area contributed by atoms with Crippen molar-refractivity contribution in [3.05, 3.63) is 17.5 Å². The molecule has 1 amide bonds. The SMILES string of the molecule is Cc1cc(C)n(CC(=O)NCC2CCCCC2O)n1. The summed E-state index contributed by atoms with van der Waals surface area (Å²) in [6, 6.07) is 1.96. The van der Waals surface area contributed by atoms with Gasteiger partial charge in [0, 0.05) is 18.2 Å². The highest BCUT2D eigenvalue weighted by atomic mass is 16.3. The quantitative estimate of drug-likeness (QED) is 0.858. The second-order valence-corrected chi connectivity index (χ2v) is 5.50. The normalized spacial score (nSPS) is 23.3. The van der Waals surface area contributed by atoms with Gasteiger partial charge in [-0.3, -0.25) is 9.48 Å². The van der Waals surface area contributed by atoms with Gasteiger partial charge in [-0.25, -0.2) is 0 Å². The first-order chi connectivity index (χ1) is 9.06. The van der Waals surface area contributed by atoms with Crippen LogP contribution in [0.1, 0.15) is 37.1 Å². The van der Waals surface area contributed by atoms with E-state index in [-0.39, 0.29) is 24.5 Å². The van der Waals surface area contributed by atoms with Gasteiger partial charge in [-0.2, -0.15) is 5.10 Å². The van der Waals surface area contributed by atoms with Crippen molar-refractivity contribution in [1.29, 1.82) is 0 Å². The molecule has 1 aromatic rings. The summed E-state index contributed by atoms with van der Waals surface area (Å²) >= 11 is 0. The third-order valence-electron chi connectivity index (χ3n) is 3.83. The van der Waals surface area contributed by atoms with Gasteiger partial charge in [0.25, 0.3) is 0 Å². The number of nitrogens with one attached hydrogen (secondary N) is 1. The Kier molecular flexibility index (Phi) is 4.58. The second-order valence-electron chi connectivity index (χ2n) is 5.50. The van der Waals surface area contributed by atoms with Crippen LogP contribution in [-0.2, 0) is 11.3 Å². The molecule has 1 aromatic heterocycles. The number of aryl methyl sites for hydroxylation is 2. The highest BCUT2D eigenvalue weighted by molar-refractivity contribution is 5.75. The minimum Gasteiger partial charge on any atom is -0.393 e. The molecule has 5 nitrogen and oxygen atoms in total. The minimum absolute atomic E-state index is 0.0380. The molecule has 2 rings (SSSR count). The first-order valence-corrected chi connectivity index (χ1v) is 7.02. The van der Waals surface area contributed by atoms with Gasteiger partial charge in [-0.15, -0.1) is 0 Å². The summed E-state index contributed by atoms with van der Waals surface area (Å²) in [5.74, 6) is 0.169. The topological polar surface area (TPSA) is 67.2 Å². The summed E-state index contributed by atoms with van der Waals surface area (Å²) in [6.45, 7) is 4.68. The van der Waals surface area contributed by atoms with E-state index in [1.54, 1.807) is 4.68 Å². The Morgan fingerprint density at radius 3 is 2.84 bits per heavy atom. The zero-order valence-corrected chi connectivity index (χ0v) is 11.7. The standard InChI is InChI=1S/C14H23N3O2/c1-10-7-11(2)17(16-10)9-14(19)15-8-12-5-3-4-6-13(12)18/h7,12-13,18H,3-6,8-9H2,1-2H3,(H,15,19). The van der Waals surface area contributed by atoms with Crippen molar-refractivity contribution >= 4 is 5.91 Å². The molecule has 1 heterocycles. The molecule has 0 radical (unpaired) electrons. The Morgan fingerprint density at radius 1 is 1.47 bits per heavy atom. The predicted octanol–water partition coefficient (Wildman–Crippen LogP) is 1.17. The fraction of sp³-hybridized carbons (Fsp3) is 0.714. The fourth-order valence-electron chi connectivity index (χ4n) is 2.70. The van der Waals surface area contributed by atoms with Crippen molar-refractivity contribution in [2.24, 2.45) is 5.92 Å². The number of aliphatic hydroxyl groups is 1. The van der Waals surface area contributed by atoms with Gasteiger partial charge in [-0.05, 0) is 32.8 Å². The Bertz CT molecular complexity index is 442. The van der Waals surface area contributed by atoms with E-state index in [1.807, 2.05) is 19.9 Å². The molecule has 106 valence electrons. The molecule has 0 aliphatic heterocycles. The molecule has 0 aromatic carbocycles. The number of aliphatic hydroxyl groups excluding tert-OH is 1. The predicted molar refractivity (Wildman–Crippen MR) is 72.7 cm³/mol. The number of hydrogen-bond donors (Lipinski definition) is 2. The molecule has 2 atom stereocenters. The van der Waals surface area contributed by atoms with Crippen LogP contribution < -0.4 is 5.32 Å². The Morgan fingerprint density at radius 2 is 2.21 bits per heavy atom. The number of carbonyl (C=O) groups is 1. The lowest BCUT2D eigenvalue weighted by atomic mass is 9.86. The highest BCUT2D eigenvalue weighted by Crippen LogP contribution is 2.23. The van der Waals surface area contributed by atoms with E-state index in [4.69, 9.17) is 0 Å². The first-order valence-electron chi connectivity index (χ1n) is 7.02. The van der Waals surface area contributed by atoms with Crippen molar-refractivity contribution in [2.45, 2.75) is 52.2 Å². The molecule has 2 unspecified atom stereocenters. The Balaban J connectivity index is 1.79. The molecule has 1 aliphatic carbocycles. The van der Waals surface area contributed by atoms with Gasteiger partial charge in [0.1, 0.15) is 6.54 Å². The van der Waals surface area contributed by atoms with Crippen LogP contribution in [-0.4, -0.2) is 33.4 Å².